The Morgan fingerprint density at radius 3 is 2.67 bits per heavy atom. The van der Waals surface area contributed by atoms with E-state index in [1.807, 2.05) is 0 Å². The van der Waals surface area contributed by atoms with Crippen LogP contribution in [-0.4, -0.2) is 41.5 Å². The van der Waals surface area contributed by atoms with Gasteiger partial charge in [-0.05, 0) is 70.0 Å². The van der Waals surface area contributed by atoms with Gasteiger partial charge in [0, 0.05) is 18.2 Å². The third-order valence-electron chi connectivity index (χ3n) is 5.35. The molecule has 2 aromatic rings. The summed E-state index contributed by atoms with van der Waals surface area (Å²) in [5, 5.41) is 3.01. The van der Waals surface area contributed by atoms with Crippen molar-refractivity contribution in [3.05, 3.63) is 41.5 Å². The number of piperidine rings is 1. The van der Waals surface area contributed by atoms with Crippen molar-refractivity contribution < 1.29 is 13.6 Å². The van der Waals surface area contributed by atoms with Gasteiger partial charge in [0.2, 0.25) is 11.8 Å². The van der Waals surface area contributed by atoms with E-state index in [2.05, 4.69) is 29.0 Å². The fourth-order valence-corrected chi connectivity index (χ4v) is 3.38. The number of halogens is 1. The van der Waals surface area contributed by atoms with Crippen LogP contribution >= 0.6 is 0 Å². The molecule has 1 fully saturated rings. The second-order valence-electron chi connectivity index (χ2n) is 7.58. The zero-order chi connectivity index (χ0) is 19.4. The fourth-order valence-electron chi connectivity index (χ4n) is 3.38. The van der Waals surface area contributed by atoms with Gasteiger partial charge in [-0.1, -0.05) is 6.92 Å². The van der Waals surface area contributed by atoms with E-state index < -0.39 is 0 Å². The SMILES string of the molecule is Cc1oc(-c2ccc(F)cc2)nc1CC(=O)NCC(C)N1CCC(C)CC1. The van der Waals surface area contributed by atoms with Crippen LogP contribution < -0.4 is 5.32 Å². The lowest BCUT2D eigenvalue weighted by atomic mass is 9.98. The van der Waals surface area contributed by atoms with Crippen LogP contribution in [0.4, 0.5) is 4.39 Å². The number of nitrogens with zero attached hydrogens (tertiary/aromatic N) is 2. The highest BCUT2D eigenvalue weighted by Crippen LogP contribution is 2.22. The summed E-state index contributed by atoms with van der Waals surface area (Å²) in [6.07, 6.45) is 2.63. The average Bonchev–Trinajstić information content (AvgIpc) is 3.01. The summed E-state index contributed by atoms with van der Waals surface area (Å²) in [4.78, 5) is 19.2. The van der Waals surface area contributed by atoms with Gasteiger partial charge in [0.25, 0.3) is 0 Å². The molecular formula is C21H28FN3O2. The van der Waals surface area contributed by atoms with Crippen LogP contribution in [0.15, 0.2) is 28.7 Å². The monoisotopic (exact) mass is 373 g/mol. The molecule has 1 atom stereocenters. The van der Waals surface area contributed by atoms with E-state index in [9.17, 15) is 9.18 Å². The minimum atomic E-state index is -0.307. The first-order chi connectivity index (χ1) is 12.9. The molecule has 0 bridgehead atoms. The maximum atomic E-state index is 13.1. The van der Waals surface area contributed by atoms with Gasteiger partial charge < -0.3 is 9.73 Å². The molecule has 1 saturated heterocycles. The van der Waals surface area contributed by atoms with E-state index in [0.29, 0.717) is 35.5 Å². The number of hydrogen-bond acceptors (Lipinski definition) is 4. The third kappa shape index (κ3) is 5.16. The van der Waals surface area contributed by atoms with Gasteiger partial charge in [0.15, 0.2) is 0 Å². The van der Waals surface area contributed by atoms with E-state index in [1.165, 1.54) is 25.0 Å². The number of aryl methyl sites for hydroxylation is 1. The zero-order valence-corrected chi connectivity index (χ0v) is 16.3. The minimum absolute atomic E-state index is 0.0608. The molecule has 1 aliphatic heterocycles. The number of benzene rings is 1. The van der Waals surface area contributed by atoms with Gasteiger partial charge in [-0.2, -0.15) is 0 Å². The van der Waals surface area contributed by atoms with Gasteiger partial charge in [0.05, 0.1) is 12.1 Å². The maximum Gasteiger partial charge on any atom is 0.226 e. The van der Waals surface area contributed by atoms with Crippen LogP contribution in [-0.2, 0) is 11.2 Å². The number of oxazole rings is 1. The summed E-state index contributed by atoms with van der Waals surface area (Å²) in [5.41, 5.74) is 1.31. The molecule has 1 aromatic heterocycles. The highest BCUT2D eigenvalue weighted by Gasteiger charge is 2.21. The zero-order valence-electron chi connectivity index (χ0n) is 16.3. The largest absolute Gasteiger partial charge is 0.441 e. The summed E-state index contributed by atoms with van der Waals surface area (Å²) in [6, 6.07) is 6.29. The van der Waals surface area contributed by atoms with Gasteiger partial charge in [-0.25, -0.2) is 9.37 Å². The number of amides is 1. The molecule has 1 aliphatic rings. The Morgan fingerprint density at radius 1 is 1.33 bits per heavy atom. The Morgan fingerprint density at radius 2 is 2.00 bits per heavy atom. The first kappa shape index (κ1) is 19.5. The normalized spacial score (nSPS) is 17.0. The molecule has 146 valence electrons. The standard InChI is InChI=1S/C21H28FN3O2/c1-14-8-10-25(11-9-14)15(2)13-23-20(26)12-19-16(3)27-21(24-19)17-4-6-18(22)7-5-17/h4-7,14-15H,8-13H2,1-3H3,(H,23,26). The maximum absolute atomic E-state index is 13.1. The number of carbonyl (C=O) groups excluding carboxylic acids is 1. The Hall–Kier alpha value is -2.21. The van der Waals surface area contributed by atoms with Gasteiger partial charge in [-0.3, -0.25) is 9.69 Å². The van der Waals surface area contributed by atoms with Gasteiger partial charge >= 0.3 is 0 Å². The Balaban J connectivity index is 1.52. The molecule has 1 unspecified atom stereocenters. The topological polar surface area (TPSA) is 58.4 Å². The van der Waals surface area contributed by atoms with Crippen LogP contribution in [0.25, 0.3) is 11.5 Å². The van der Waals surface area contributed by atoms with Crippen molar-refractivity contribution in [2.24, 2.45) is 5.92 Å². The lowest BCUT2D eigenvalue weighted by Gasteiger charge is -2.35. The summed E-state index contributed by atoms with van der Waals surface area (Å²) in [6.45, 7) is 9.08. The Labute approximate surface area is 160 Å². The first-order valence-electron chi connectivity index (χ1n) is 9.65. The molecule has 1 aromatic carbocycles. The molecule has 5 nitrogen and oxygen atoms in total. The molecule has 6 heteroatoms. The van der Waals surface area contributed by atoms with Crippen LogP contribution in [0.5, 0.6) is 0 Å². The highest BCUT2D eigenvalue weighted by molar-refractivity contribution is 5.78. The summed E-state index contributed by atoms with van der Waals surface area (Å²) < 4.78 is 18.7. The molecule has 27 heavy (non-hydrogen) atoms. The lowest BCUT2D eigenvalue weighted by molar-refractivity contribution is -0.120. The molecule has 0 saturated carbocycles. The number of hydrogen-bond donors (Lipinski definition) is 1. The molecule has 0 aliphatic carbocycles. The number of rotatable bonds is 6. The Kier molecular flexibility index (Phi) is 6.26. The first-order valence-corrected chi connectivity index (χ1v) is 9.65. The Bertz CT molecular complexity index is 764. The third-order valence-corrected chi connectivity index (χ3v) is 5.35. The summed E-state index contributed by atoms with van der Waals surface area (Å²) in [7, 11) is 0. The quantitative estimate of drug-likeness (QED) is 0.841. The fraction of sp³-hybridized carbons (Fsp3) is 0.524. The van der Waals surface area contributed by atoms with Crippen molar-refractivity contribution in [2.75, 3.05) is 19.6 Å². The van der Waals surface area contributed by atoms with E-state index in [0.717, 1.165) is 19.0 Å². The average molecular weight is 373 g/mol. The number of likely N-dealkylation sites (tertiary alicyclic amines) is 1. The van der Waals surface area contributed by atoms with Crippen LogP contribution in [0.3, 0.4) is 0 Å². The van der Waals surface area contributed by atoms with Gasteiger partial charge in [0.1, 0.15) is 11.6 Å². The summed E-state index contributed by atoms with van der Waals surface area (Å²) >= 11 is 0. The molecule has 3 rings (SSSR count). The molecule has 1 amide bonds. The van der Waals surface area contributed by atoms with E-state index >= 15 is 0 Å². The second-order valence-corrected chi connectivity index (χ2v) is 7.58. The van der Waals surface area contributed by atoms with Crippen molar-refractivity contribution in [3.8, 4) is 11.5 Å². The lowest BCUT2D eigenvalue weighted by Crippen LogP contribution is -2.45. The molecule has 1 N–H and O–H groups in total. The van der Waals surface area contributed by atoms with Crippen LogP contribution in [0, 0.1) is 18.7 Å². The van der Waals surface area contributed by atoms with E-state index in [4.69, 9.17) is 4.42 Å². The number of aromatic nitrogens is 1. The molecular weight excluding hydrogens is 345 g/mol. The van der Waals surface area contributed by atoms with Gasteiger partial charge in [-0.15, -0.1) is 0 Å². The van der Waals surface area contributed by atoms with Crippen molar-refractivity contribution in [3.63, 3.8) is 0 Å². The van der Waals surface area contributed by atoms with Crippen molar-refractivity contribution in [1.82, 2.24) is 15.2 Å². The predicted octanol–water partition coefficient (Wildman–Crippen LogP) is 3.57. The minimum Gasteiger partial charge on any atom is -0.441 e. The second kappa shape index (κ2) is 8.65. The van der Waals surface area contributed by atoms with Crippen molar-refractivity contribution >= 4 is 5.91 Å². The van der Waals surface area contributed by atoms with Crippen LogP contribution in [0.1, 0.15) is 38.1 Å². The van der Waals surface area contributed by atoms with Crippen LogP contribution in [0.2, 0.25) is 0 Å². The van der Waals surface area contributed by atoms with E-state index in [1.54, 1.807) is 19.1 Å². The molecule has 0 spiro atoms. The number of nitrogens with one attached hydrogen (secondary N) is 1. The molecule has 0 radical (unpaired) electrons. The van der Waals surface area contributed by atoms with E-state index in [-0.39, 0.29) is 18.1 Å². The number of carbonyl (C=O) groups is 1. The summed E-state index contributed by atoms with van der Waals surface area (Å²) in [5.74, 6) is 1.45. The highest BCUT2D eigenvalue weighted by atomic mass is 19.1. The van der Waals surface area contributed by atoms with Crippen molar-refractivity contribution in [1.29, 1.82) is 0 Å². The predicted molar refractivity (Wildman–Crippen MR) is 103 cm³/mol. The smallest absolute Gasteiger partial charge is 0.226 e. The molecule has 2 heterocycles. The van der Waals surface area contributed by atoms with Crippen molar-refractivity contribution in [2.45, 2.75) is 46.1 Å².